The smallest absolute Gasteiger partial charge is 0.320 e. The minimum Gasteiger partial charge on any atom is -0.480 e. The molecule has 48 valence electrons. The third-order valence-electron chi connectivity index (χ3n) is 1.07. The van der Waals surface area contributed by atoms with Gasteiger partial charge in [-0.1, -0.05) is 15.9 Å². The second-order valence-electron chi connectivity index (χ2n) is 1.77. The number of carboxylic acid groups (broad SMARTS) is 1. The summed E-state index contributed by atoms with van der Waals surface area (Å²) >= 11 is 3.05. The molecule has 0 aromatic heterocycles. The van der Waals surface area contributed by atoms with Crippen molar-refractivity contribution in [2.75, 3.05) is 0 Å². The van der Waals surface area contributed by atoms with Crippen LogP contribution >= 0.6 is 28.3 Å². The number of halogens is 2. The van der Waals surface area contributed by atoms with Gasteiger partial charge < -0.3 is 5.11 Å². The molecule has 0 unspecified atom stereocenters. The van der Waals surface area contributed by atoms with Gasteiger partial charge in [0.25, 0.3) is 0 Å². The van der Waals surface area contributed by atoms with Crippen molar-refractivity contribution in [3.05, 3.63) is 0 Å². The lowest BCUT2D eigenvalue weighted by Gasteiger charge is -1.92. The molecule has 0 heterocycles. The number of rotatable bonds is 1. The van der Waals surface area contributed by atoms with E-state index in [0.717, 1.165) is 12.8 Å². The zero-order chi connectivity index (χ0) is 5.49. The molecule has 0 amide bonds. The Labute approximate surface area is 61.8 Å². The average molecular weight is 201 g/mol. The van der Waals surface area contributed by atoms with E-state index in [9.17, 15) is 4.79 Å². The maximum absolute atomic E-state index is 10.0. The van der Waals surface area contributed by atoms with Crippen molar-refractivity contribution >= 4 is 34.3 Å². The zero-order valence-corrected chi connectivity index (χ0v) is 6.46. The molecule has 0 aromatic carbocycles. The molecule has 0 atom stereocenters. The van der Waals surface area contributed by atoms with Gasteiger partial charge in [0.05, 0.1) is 0 Å². The third kappa shape index (κ3) is 1.36. The first-order valence-corrected chi connectivity index (χ1v) is 2.87. The standard InChI is InChI=1S/C4H5BrO2.ClH/c5-4(1-2-4)3(6)7;/h1-2H2,(H,6,7);1H. The highest BCUT2D eigenvalue weighted by Gasteiger charge is 2.47. The van der Waals surface area contributed by atoms with Gasteiger partial charge in [-0.2, -0.15) is 0 Å². The molecule has 4 heteroatoms. The summed E-state index contributed by atoms with van der Waals surface area (Å²) in [5.41, 5.74) is 0. The van der Waals surface area contributed by atoms with Crippen LogP contribution in [0, 0.1) is 0 Å². The van der Waals surface area contributed by atoms with Crippen LogP contribution in [0.4, 0.5) is 0 Å². The predicted molar refractivity (Wildman–Crippen MR) is 35.8 cm³/mol. The van der Waals surface area contributed by atoms with Crippen LogP contribution in [0.25, 0.3) is 0 Å². The SMILES string of the molecule is Cl.O=C(O)C1(Br)CC1. The van der Waals surface area contributed by atoms with Crippen molar-refractivity contribution in [2.24, 2.45) is 0 Å². The predicted octanol–water partition coefficient (Wildman–Crippen LogP) is 1.42. The fourth-order valence-electron chi connectivity index (χ4n) is 0.324. The summed E-state index contributed by atoms with van der Waals surface area (Å²) in [6.07, 6.45) is 1.56. The monoisotopic (exact) mass is 200 g/mol. The van der Waals surface area contributed by atoms with Crippen molar-refractivity contribution in [3.8, 4) is 0 Å². The van der Waals surface area contributed by atoms with Crippen LogP contribution in [0.2, 0.25) is 0 Å². The van der Waals surface area contributed by atoms with Crippen molar-refractivity contribution in [3.63, 3.8) is 0 Å². The Bertz CT molecular complexity index is 111. The molecule has 0 saturated heterocycles. The number of carboxylic acids is 1. The van der Waals surface area contributed by atoms with Crippen LogP contribution in [0.3, 0.4) is 0 Å². The maximum Gasteiger partial charge on any atom is 0.320 e. The number of alkyl halides is 1. The first kappa shape index (κ1) is 8.24. The van der Waals surface area contributed by atoms with Gasteiger partial charge >= 0.3 is 5.97 Å². The minimum atomic E-state index is -0.729. The van der Waals surface area contributed by atoms with Crippen molar-refractivity contribution in [2.45, 2.75) is 17.2 Å². The summed E-state index contributed by atoms with van der Waals surface area (Å²) in [5, 5.41) is 8.27. The minimum absolute atomic E-state index is 0. The zero-order valence-electron chi connectivity index (χ0n) is 4.06. The van der Waals surface area contributed by atoms with E-state index in [2.05, 4.69) is 15.9 Å². The molecule has 0 bridgehead atoms. The number of carbonyl (C=O) groups is 1. The summed E-state index contributed by atoms with van der Waals surface area (Å²) in [6.45, 7) is 0. The van der Waals surface area contributed by atoms with E-state index >= 15 is 0 Å². The Balaban J connectivity index is 0.000000490. The number of aliphatic carboxylic acids is 1. The van der Waals surface area contributed by atoms with Crippen molar-refractivity contribution in [1.29, 1.82) is 0 Å². The second-order valence-corrected chi connectivity index (χ2v) is 3.29. The molecule has 1 aliphatic carbocycles. The van der Waals surface area contributed by atoms with E-state index in [1.54, 1.807) is 0 Å². The average Bonchev–Trinajstić information content (AvgIpc) is 2.21. The second kappa shape index (κ2) is 2.23. The van der Waals surface area contributed by atoms with Gasteiger partial charge in [0, 0.05) is 0 Å². The van der Waals surface area contributed by atoms with Gasteiger partial charge in [0.2, 0.25) is 0 Å². The molecule has 2 nitrogen and oxygen atoms in total. The molecular formula is C4H6BrClO2. The fourth-order valence-corrected chi connectivity index (χ4v) is 0.522. The largest absolute Gasteiger partial charge is 0.480 e. The third-order valence-corrected chi connectivity index (χ3v) is 2.20. The highest BCUT2D eigenvalue weighted by Crippen LogP contribution is 2.44. The molecule has 0 aromatic rings. The number of hydrogen-bond acceptors (Lipinski definition) is 1. The fraction of sp³-hybridized carbons (Fsp3) is 0.750. The van der Waals surface area contributed by atoms with Crippen LogP contribution in [0.15, 0.2) is 0 Å². The normalized spacial score (nSPS) is 21.1. The molecule has 1 aliphatic rings. The maximum atomic E-state index is 10.0. The molecule has 1 rings (SSSR count). The molecular weight excluding hydrogens is 195 g/mol. The Morgan fingerprint density at radius 3 is 2.00 bits per heavy atom. The molecule has 1 N–H and O–H groups in total. The Kier molecular flexibility index (Phi) is 2.30. The summed E-state index contributed by atoms with van der Waals surface area (Å²) in [7, 11) is 0. The van der Waals surface area contributed by atoms with Crippen LogP contribution in [-0.2, 0) is 4.79 Å². The van der Waals surface area contributed by atoms with Gasteiger partial charge in [-0.15, -0.1) is 12.4 Å². The van der Waals surface area contributed by atoms with Gasteiger partial charge in [-0.05, 0) is 12.8 Å². The summed E-state index contributed by atoms with van der Waals surface area (Å²) in [5.74, 6) is -0.729. The van der Waals surface area contributed by atoms with Crippen molar-refractivity contribution < 1.29 is 9.90 Å². The van der Waals surface area contributed by atoms with E-state index in [1.807, 2.05) is 0 Å². The molecule has 0 aliphatic heterocycles. The highest BCUT2D eigenvalue weighted by molar-refractivity contribution is 9.10. The lowest BCUT2D eigenvalue weighted by atomic mass is 10.4. The van der Waals surface area contributed by atoms with E-state index in [4.69, 9.17) is 5.11 Å². The highest BCUT2D eigenvalue weighted by atomic mass is 79.9. The molecule has 8 heavy (non-hydrogen) atoms. The molecule has 1 fully saturated rings. The van der Waals surface area contributed by atoms with E-state index in [0.29, 0.717) is 0 Å². The summed E-state index contributed by atoms with van der Waals surface area (Å²) in [6, 6.07) is 0. The van der Waals surface area contributed by atoms with Gasteiger partial charge in [-0.25, -0.2) is 0 Å². The summed E-state index contributed by atoms with van der Waals surface area (Å²) < 4.78 is -0.521. The number of hydrogen-bond donors (Lipinski definition) is 1. The molecule has 0 radical (unpaired) electrons. The van der Waals surface area contributed by atoms with Gasteiger partial charge in [0.15, 0.2) is 0 Å². The first-order valence-electron chi connectivity index (χ1n) is 2.07. The summed E-state index contributed by atoms with van der Waals surface area (Å²) in [4.78, 5) is 10.0. The van der Waals surface area contributed by atoms with Crippen LogP contribution in [0.1, 0.15) is 12.8 Å². The lowest BCUT2D eigenvalue weighted by molar-refractivity contribution is -0.137. The van der Waals surface area contributed by atoms with Crippen LogP contribution in [0.5, 0.6) is 0 Å². The Morgan fingerprint density at radius 1 is 1.62 bits per heavy atom. The molecule has 0 spiro atoms. The van der Waals surface area contributed by atoms with Gasteiger partial charge in [-0.3, -0.25) is 4.79 Å². The van der Waals surface area contributed by atoms with E-state index < -0.39 is 10.3 Å². The quantitative estimate of drug-likeness (QED) is 0.652. The van der Waals surface area contributed by atoms with Gasteiger partial charge in [0.1, 0.15) is 4.32 Å². The topological polar surface area (TPSA) is 37.3 Å². The first-order chi connectivity index (χ1) is 3.15. The van der Waals surface area contributed by atoms with Crippen LogP contribution < -0.4 is 0 Å². The van der Waals surface area contributed by atoms with Crippen molar-refractivity contribution in [1.82, 2.24) is 0 Å². The molecule has 1 saturated carbocycles. The van der Waals surface area contributed by atoms with Crippen LogP contribution in [-0.4, -0.2) is 15.4 Å². The van der Waals surface area contributed by atoms with E-state index in [-0.39, 0.29) is 12.4 Å². The Morgan fingerprint density at radius 2 is 2.00 bits per heavy atom. The Hall–Kier alpha value is 0.240. The van der Waals surface area contributed by atoms with E-state index in [1.165, 1.54) is 0 Å². The lowest BCUT2D eigenvalue weighted by Crippen LogP contribution is -2.12.